The predicted molar refractivity (Wildman–Crippen MR) is 111 cm³/mol. The van der Waals surface area contributed by atoms with Gasteiger partial charge in [-0.2, -0.15) is 0 Å². The van der Waals surface area contributed by atoms with Crippen LogP contribution < -0.4 is 0 Å². The summed E-state index contributed by atoms with van der Waals surface area (Å²) in [6.45, 7) is 6.46. The standard InChI is InChI=1S/C23H32O6/c1-2-25-13-14-26-15-16-27-17-18-28-19-20-29-23(24,21-9-5-3-6-10-21)22-11-7-4-8-12-22/h3-12,24H,2,13-20H2,1H3. The molecule has 2 aromatic rings. The molecule has 160 valence electrons. The molecule has 0 bridgehead atoms. The molecule has 0 aromatic heterocycles. The molecule has 29 heavy (non-hydrogen) atoms. The highest BCUT2D eigenvalue weighted by molar-refractivity contribution is 5.33. The van der Waals surface area contributed by atoms with Crippen molar-refractivity contribution in [1.29, 1.82) is 0 Å². The van der Waals surface area contributed by atoms with E-state index in [1.807, 2.05) is 67.6 Å². The van der Waals surface area contributed by atoms with E-state index in [0.717, 1.165) is 0 Å². The molecule has 0 spiro atoms. The van der Waals surface area contributed by atoms with Gasteiger partial charge in [-0.15, -0.1) is 0 Å². The maximum Gasteiger partial charge on any atom is 0.219 e. The molecular formula is C23H32O6. The molecule has 0 saturated carbocycles. The Balaban J connectivity index is 1.63. The van der Waals surface area contributed by atoms with Gasteiger partial charge >= 0.3 is 0 Å². The van der Waals surface area contributed by atoms with Crippen molar-refractivity contribution in [3.8, 4) is 0 Å². The van der Waals surface area contributed by atoms with Crippen LogP contribution in [0.4, 0.5) is 0 Å². The third-order valence-corrected chi connectivity index (χ3v) is 4.19. The lowest BCUT2D eigenvalue weighted by atomic mass is 9.97. The molecule has 0 radical (unpaired) electrons. The van der Waals surface area contributed by atoms with Gasteiger partial charge in [0.2, 0.25) is 5.79 Å². The lowest BCUT2D eigenvalue weighted by Gasteiger charge is -2.29. The van der Waals surface area contributed by atoms with E-state index in [4.69, 9.17) is 23.7 Å². The van der Waals surface area contributed by atoms with Gasteiger partial charge in [0.25, 0.3) is 0 Å². The molecule has 0 atom stereocenters. The molecule has 0 fully saturated rings. The van der Waals surface area contributed by atoms with Crippen molar-refractivity contribution in [2.75, 3.05) is 59.5 Å². The second-order valence-corrected chi connectivity index (χ2v) is 6.26. The van der Waals surface area contributed by atoms with E-state index >= 15 is 0 Å². The molecule has 0 aliphatic rings. The molecule has 0 aliphatic heterocycles. The van der Waals surface area contributed by atoms with Crippen molar-refractivity contribution in [3.63, 3.8) is 0 Å². The molecule has 6 nitrogen and oxygen atoms in total. The van der Waals surface area contributed by atoms with Crippen LogP contribution in [-0.4, -0.2) is 64.6 Å². The summed E-state index contributed by atoms with van der Waals surface area (Å²) in [5.41, 5.74) is 1.36. The molecular weight excluding hydrogens is 372 g/mol. The van der Waals surface area contributed by atoms with Crippen LogP contribution in [0.1, 0.15) is 18.1 Å². The predicted octanol–water partition coefficient (Wildman–Crippen LogP) is 2.98. The van der Waals surface area contributed by atoms with Gasteiger partial charge in [-0.1, -0.05) is 60.7 Å². The zero-order chi connectivity index (χ0) is 20.6. The van der Waals surface area contributed by atoms with Gasteiger partial charge < -0.3 is 28.8 Å². The molecule has 2 aromatic carbocycles. The van der Waals surface area contributed by atoms with E-state index in [0.29, 0.717) is 64.0 Å². The summed E-state index contributed by atoms with van der Waals surface area (Å²) < 4.78 is 27.4. The first-order valence-electron chi connectivity index (χ1n) is 10.1. The first kappa shape index (κ1) is 23.5. The molecule has 1 N–H and O–H groups in total. The average Bonchev–Trinajstić information content (AvgIpc) is 2.78. The van der Waals surface area contributed by atoms with Gasteiger partial charge in [-0.3, -0.25) is 0 Å². The van der Waals surface area contributed by atoms with E-state index in [-0.39, 0.29) is 6.61 Å². The number of ether oxygens (including phenoxy) is 5. The van der Waals surface area contributed by atoms with Crippen LogP contribution in [0.5, 0.6) is 0 Å². The zero-order valence-corrected chi connectivity index (χ0v) is 17.1. The van der Waals surface area contributed by atoms with Crippen molar-refractivity contribution in [2.24, 2.45) is 0 Å². The summed E-state index contributed by atoms with van der Waals surface area (Å²) in [4.78, 5) is 0. The number of benzene rings is 2. The van der Waals surface area contributed by atoms with Gasteiger partial charge in [-0.05, 0) is 6.92 Å². The van der Waals surface area contributed by atoms with Crippen LogP contribution in [0.3, 0.4) is 0 Å². The number of rotatable bonds is 16. The molecule has 0 aliphatic carbocycles. The minimum Gasteiger partial charge on any atom is -0.379 e. The van der Waals surface area contributed by atoms with E-state index in [9.17, 15) is 5.11 Å². The smallest absolute Gasteiger partial charge is 0.219 e. The highest BCUT2D eigenvalue weighted by Crippen LogP contribution is 2.30. The van der Waals surface area contributed by atoms with E-state index in [2.05, 4.69) is 0 Å². The zero-order valence-electron chi connectivity index (χ0n) is 17.1. The fraction of sp³-hybridized carbons (Fsp3) is 0.478. The SMILES string of the molecule is CCOCCOCCOCCOCCOC(O)(c1ccccc1)c1ccccc1. The quantitative estimate of drug-likeness (QED) is 0.343. The molecule has 0 unspecified atom stereocenters. The Morgan fingerprint density at radius 1 is 0.586 bits per heavy atom. The molecule has 0 amide bonds. The van der Waals surface area contributed by atoms with Gasteiger partial charge in [-0.25, -0.2) is 0 Å². The highest BCUT2D eigenvalue weighted by atomic mass is 16.6. The third-order valence-electron chi connectivity index (χ3n) is 4.19. The normalized spacial score (nSPS) is 11.7. The van der Waals surface area contributed by atoms with E-state index < -0.39 is 5.79 Å². The second-order valence-electron chi connectivity index (χ2n) is 6.26. The lowest BCUT2D eigenvalue weighted by Crippen LogP contribution is -2.32. The van der Waals surface area contributed by atoms with Gasteiger partial charge in [0.15, 0.2) is 0 Å². The highest BCUT2D eigenvalue weighted by Gasteiger charge is 2.32. The average molecular weight is 405 g/mol. The van der Waals surface area contributed by atoms with Gasteiger partial charge in [0, 0.05) is 17.7 Å². The minimum atomic E-state index is -1.51. The first-order chi connectivity index (χ1) is 14.3. The lowest BCUT2D eigenvalue weighted by molar-refractivity contribution is -0.188. The minimum absolute atomic E-state index is 0.251. The Hall–Kier alpha value is -1.80. The first-order valence-corrected chi connectivity index (χ1v) is 10.1. The van der Waals surface area contributed by atoms with Crippen molar-refractivity contribution >= 4 is 0 Å². The van der Waals surface area contributed by atoms with Crippen LogP contribution in [0.15, 0.2) is 60.7 Å². The van der Waals surface area contributed by atoms with Gasteiger partial charge in [0.05, 0.1) is 52.9 Å². The molecule has 2 rings (SSSR count). The van der Waals surface area contributed by atoms with Crippen molar-refractivity contribution in [3.05, 3.63) is 71.8 Å². The third kappa shape index (κ3) is 8.62. The van der Waals surface area contributed by atoms with E-state index in [1.165, 1.54) is 0 Å². The Morgan fingerprint density at radius 3 is 1.38 bits per heavy atom. The molecule has 0 saturated heterocycles. The maximum atomic E-state index is 11.2. The fourth-order valence-corrected chi connectivity index (χ4v) is 2.71. The summed E-state index contributed by atoms with van der Waals surface area (Å²) in [7, 11) is 0. The van der Waals surface area contributed by atoms with E-state index in [1.54, 1.807) is 0 Å². The van der Waals surface area contributed by atoms with Crippen molar-refractivity contribution < 1.29 is 28.8 Å². The summed E-state index contributed by atoms with van der Waals surface area (Å²) in [5.74, 6) is -1.51. The summed E-state index contributed by atoms with van der Waals surface area (Å²) in [6, 6.07) is 18.7. The Bertz CT molecular complexity index is 595. The van der Waals surface area contributed by atoms with Crippen molar-refractivity contribution in [2.45, 2.75) is 12.7 Å². The van der Waals surface area contributed by atoms with Crippen LogP contribution in [0.25, 0.3) is 0 Å². The summed E-state index contributed by atoms with van der Waals surface area (Å²) in [5, 5.41) is 11.2. The topological polar surface area (TPSA) is 66.4 Å². The number of hydrogen-bond donors (Lipinski definition) is 1. The van der Waals surface area contributed by atoms with Gasteiger partial charge in [0.1, 0.15) is 0 Å². The Kier molecular flexibility index (Phi) is 11.5. The maximum absolute atomic E-state index is 11.2. The van der Waals surface area contributed by atoms with Crippen LogP contribution in [0, 0.1) is 0 Å². The second kappa shape index (κ2) is 14.2. The Morgan fingerprint density at radius 2 is 0.966 bits per heavy atom. The molecule has 6 heteroatoms. The number of hydrogen-bond acceptors (Lipinski definition) is 6. The molecule has 0 heterocycles. The summed E-state index contributed by atoms with van der Waals surface area (Å²) in [6.07, 6.45) is 0. The number of aliphatic hydroxyl groups is 1. The largest absolute Gasteiger partial charge is 0.379 e. The van der Waals surface area contributed by atoms with Crippen LogP contribution in [0.2, 0.25) is 0 Å². The van der Waals surface area contributed by atoms with Crippen LogP contribution in [-0.2, 0) is 29.5 Å². The van der Waals surface area contributed by atoms with Crippen molar-refractivity contribution in [1.82, 2.24) is 0 Å². The van der Waals surface area contributed by atoms with Crippen LogP contribution >= 0.6 is 0 Å². The Labute approximate surface area is 173 Å². The fourth-order valence-electron chi connectivity index (χ4n) is 2.71. The summed E-state index contributed by atoms with van der Waals surface area (Å²) >= 11 is 0. The monoisotopic (exact) mass is 404 g/mol.